The third kappa shape index (κ3) is 3.64. The van der Waals surface area contributed by atoms with E-state index < -0.39 is 0 Å². The zero-order chi connectivity index (χ0) is 17.9. The van der Waals surface area contributed by atoms with E-state index in [4.69, 9.17) is 9.47 Å². The number of benzene rings is 2. The molecule has 2 aromatic carbocycles. The molecule has 0 bridgehead atoms. The zero-order valence-electron chi connectivity index (χ0n) is 15.2. The van der Waals surface area contributed by atoms with Gasteiger partial charge in [-0.15, -0.1) is 0 Å². The highest BCUT2D eigenvalue weighted by molar-refractivity contribution is 5.55. The lowest BCUT2D eigenvalue weighted by molar-refractivity contribution is 0.0571. The molecule has 0 spiro atoms. The number of ether oxygens (including phenoxy) is 2. The number of fused-ring (bicyclic) bond motifs is 1. The summed E-state index contributed by atoms with van der Waals surface area (Å²) < 4.78 is 11.9. The quantitative estimate of drug-likeness (QED) is 0.914. The molecule has 1 N–H and O–H groups in total. The van der Waals surface area contributed by atoms with Crippen LogP contribution in [0.2, 0.25) is 0 Å². The summed E-state index contributed by atoms with van der Waals surface area (Å²) in [5.41, 5.74) is 3.47. The SMILES string of the molecule is Cc1ccc(CO)cc1N1CCN(CC2COc3ccccc3O2)CC1. The van der Waals surface area contributed by atoms with Gasteiger partial charge in [-0.1, -0.05) is 24.3 Å². The standard InChI is InChI=1S/C21H26N2O3/c1-16-6-7-17(14-24)12-19(16)23-10-8-22(9-11-23)13-18-15-25-20-4-2-3-5-21(20)26-18/h2-7,12,18,24H,8-11,13-15H2,1H3. The van der Waals surface area contributed by atoms with E-state index in [-0.39, 0.29) is 12.7 Å². The molecule has 1 fully saturated rings. The molecule has 2 aliphatic heterocycles. The minimum absolute atomic E-state index is 0.0795. The fourth-order valence-electron chi connectivity index (χ4n) is 3.71. The molecule has 26 heavy (non-hydrogen) atoms. The molecular weight excluding hydrogens is 328 g/mol. The molecule has 2 aliphatic rings. The van der Waals surface area contributed by atoms with E-state index >= 15 is 0 Å². The van der Waals surface area contributed by atoms with E-state index in [0.717, 1.165) is 49.8 Å². The molecule has 5 nitrogen and oxygen atoms in total. The van der Waals surface area contributed by atoms with Crippen molar-refractivity contribution in [1.82, 2.24) is 4.90 Å². The molecule has 2 heterocycles. The summed E-state index contributed by atoms with van der Waals surface area (Å²) in [7, 11) is 0. The number of anilines is 1. The zero-order valence-corrected chi connectivity index (χ0v) is 15.2. The van der Waals surface area contributed by atoms with Crippen LogP contribution in [0.15, 0.2) is 42.5 Å². The summed E-state index contributed by atoms with van der Waals surface area (Å²) in [5, 5.41) is 9.39. The average Bonchev–Trinajstić information content (AvgIpc) is 2.69. The number of para-hydroxylation sites is 2. The molecule has 1 saturated heterocycles. The minimum atomic E-state index is 0.0795. The van der Waals surface area contributed by atoms with Crippen molar-refractivity contribution in [3.8, 4) is 11.5 Å². The van der Waals surface area contributed by atoms with Gasteiger partial charge in [0.15, 0.2) is 11.5 Å². The van der Waals surface area contributed by atoms with Crippen LogP contribution in [0.4, 0.5) is 5.69 Å². The highest BCUT2D eigenvalue weighted by atomic mass is 16.6. The van der Waals surface area contributed by atoms with Gasteiger partial charge >= 0.3 is 0 Å². The monoisotopic (exact) mass is 354 g/mol. The van der Waals surface area contributed by atoms with Gasteiger partial charge in [0.05, 0.1) is 6.61 Å². The van der Waals surface area contributed by atoms with Crippen LogP contribution in [0.5, 0.6) is 11.5 Å². The number of aliphatic hydroxyl groups excluding tert-OH is 1. The average molecular weight is 354 g/mol. The van der Waals surface area contributed by atoms with Crippen molar-refractivity contribution in [2.24, 2.45) is 0 Å². The lowest BCUT2D eigenvalue weighted by Gasteiger charge is -2.39. The van der Waals surface area contributed by atoms with Crippen LogP contribution in [0.25, 0.3) is 0 Å². The molecule has 1 atom stereocenters. The first-order chi connectivity index (χ1) is 12.7. The lowest BCUT2D eigenvalue weighted by Crippen LogP contribution is -2.50. The van der Waals surface area contributed by atoms with Crippen molar-refractivity contribution in [3.63, 3.8) is 0 Å². The Bertz CT molecular complexity index is 757. The Hall–Kier alpha value is -2.24. The fraction of sp³-hybridized carbons (Fsp3) is 0.429. The minimum Gasteiger partial charge on any atom is -0.486 e. The summed E-state index contributed by atoms with van der Waals surface area (Å²) in [6, 6.07) is 14.1. The molecule has 0 radical (unpaired) electrons. The summed E-state index contributed by atoms with van der Waals surface area (Å²) >= 11 is 0. The number of piperazine rings is 1. The highest BCUT2D eigenvalue weighted by Gasteiger charge is 2.25. The third-order valence-electron chi connectivity index (χ3n) is 5.20. The third-order valence-corrected chi connectivity index (χ3v) is 5.20. The fourth-order valence-corrected chi connectivity index (χ4v) is 3.71. The van der Waals surface area contributed by atoms with Crippen LogP contribution in [-0.4, -0.2) is 55.4 Å². The number of rotatable bonds is 4. The van der Waals surface area contributed by atoms with Crippen molar-refractivity contribution in [1.29, 1.82) is 0 Å². The predicted octanol–water partition coefficient (Wildman–Crippen LogP) is 2.45. The van der Waals surface area contributed by atoms with E-state index in [9.17, 15) is 5.11 Å². The first kappa shape index (κ1) is 17.2. The van der Waals surface area contributed by atoms with Gasteiger partial charge in [-0.25, -0.2) is 0 Å². The topological polar surface area (TPSA) is 45.2 Å². The molecule has 5 heteroatoms. The molecule has 1 unspecified atom stereocenters. The smallest absolute Gasteiger partial charge is 0.161 e. The number of hydrogen-bond donors (Lipinski definition) is 1. The molecule has 0 aliphatic carbocycles. The predicted molar refractivity (Wildman–Crippen MR) is 102 cm³/mol. The first-order valence-corrected chi connectivity index (χ1v) is 9.29. The van der Waals surface area contributed by atoms with Crippen LogP contribution in [0, 0.1) is 6.92 Å². The van der Waals surface area contributed by atoms with Crippen molar-refractivity contribution in [3.05, 3.63) is 53.6 Å². The summed E-state index contributed by atoms with van der Waals surface area (Å²) in [4.78, 5) is 4.86. The largest absolute Gasteiger partial charge is 0.486 e. The van der Waals surface area contributed by atoms with E-state index in [0.29, 0.717) is 6.61 Å². The van der Waals surface area contributed by atoms with E-state index in [1.807, 2.05) is 30.3 Å². The van der Waals surface area contributed by atoms with Gasteiger partial charge in [-0.3, -0.25) is 4.90 Å². The second kappa shape index (κ2) is 7.56. The van der Waals surface area contributed by atoms with Crippen LogP contribution >= 0.6 is 0 Å². The lowest BCUT2D eigenvalue weighted by atomic mass is 10.1. The molecule has 0 saturated carbocycles. The number of nitrogens with zero attached hydrogens (tertiary/aromatic N) is 2. The van der Waals surface area contributed by atoms with Gasteiger partial charge < -0.3 is 19.5 Å². The van der Waals surface area contributed by atoms with Gasteiger partial charge in [0.1, 0.15) is 12.7 Å². The maximum absolute atomic E-state index is 9.39. The van der Waals surface area contributed by atoms with Crippen molar-refractivity contribution in [2.45, 2.75) is 19.6 Å². The van der Waals surface area contributed by atoms with Crippen molar-refractivity contribution < 1.29 is 14.6 Å². The Morgan fingerprint density at radius 2 is 1.81 bits per heavy atom. The summed E-state index contributed by atoms with van der Waals surface area (Å²) in [6.07, 6.45) is 0.0795. The molecule has 2 aromatic rings. The van der Waals surface area contributed by atoms with E-state index in [2.05, 4.69) is 28.9 Å². The Morgan fingerprint density at radius 3 is 2.58 bits per heavy atom. The number of aliphatic hydroxyl groups is 1. The number of aryl methyl sites for hydroxylation is 1. The maximum atomic E-state index is 9.39. The second-order valence-electron chi connectivity index (χ2n) is 7.06. The van der Waals surface area contributed by atoms with Crippen LogP contribution < -0.4 is 14.4 Å². The molecule has 0 aromatic heterocycles. The molecule has 4 rings (SSSR count). The van der Waals surface area contributed by atoms with Gasteiger partial charge in [-0.05, 0) is 36.2 Å². The van der Waals surface area contributed by atoms with E-state index in [1.165, 1.54) is 11.3 Å². The Morgan fingerprint density at radius 1 is 1.04 bits per heavy atom. The van der Waals surface area contributed by atoms with Gasteiger partial charge in [0.25, 0.3) is 0 Å². The first-order valence-electron chi connectivity index (χ1n) is 9.29. The normalized spacial score (nSPS) is 20.2. The molecule has 0 amide bonds. The van der Waals surface area contributed by atoms with Gasteiger partial charge in [-0.2, -0.15) is 0 Å². The summed E-state index contributed by atoms with van der Waals surface area (Å²) in [5.74, 6) is 1.69. The van der Waals surface area contributed by atoms with Gasteiger partial charge in [0.2, 0.25) is 0 Å². The Kier molecular flexibility index (Phi) is 5.00. The number of hydrogen-bond acceptors (Lipinski definition) is 5. The highest BCUT2D eigenvalue weighted by Crippen LogP contribution is 2.31. The van der Waals surface area contributed by atoms with Crippen LogP contribution in [0.3, 0.4) is 0 Å². The Labute approximate surface area is 154 Å². The van der Waals surface area contributed by atoms with Crippen molar-refractivity contribution >= 4 is 5.69 Å². The summed E-state index contributed by atoms with van der Waals surface area (Å²) in [6.45, 7) is 7.70. The molecule has 138 valence electrons. The Balaban J connectivity index is 1.33. The van der Waals surface area contributed by atoms with Crippen LogP contribution in [-0.2, 0) is 6.61 Å². The van der Waals surface area contributed by atoms with Gasteiger partial charge in [0, 0.05) is 38.4 Å². The molecular formula is C21H26N2O3. The maximum Gasteiger partial charge on any atom is 0.161 e. The second-order valence-corrected chi connectivity index (χ2v) is 7.06. The van der Waals surface area contributed by atoms with Crippen molar-refractivity contribution in [2.75, 3.05) is 44.2 Å². The van der Waals surface area contributed by atoms with E-state index in [1.54, 1.807) is 0 Å². The van der Waals surface area contributed by atoms with Crippen LogP contribution in [0.1, 0.15) is 11.1 Å².